The van der Waals surface area contributed by atoms with Crippen LogP contribution in [0.3, 0.4) is 0 Å². The summed E-state index contributed by atoms with van der Waals surface area (Å²) in [6.07, 6.45) is 1.56. The molecule has 0 saturated carbocycles. The van der Waals surface area contributed by atoms with Crippen LogP contribution in [0.15, 0.2) is 87.2 Å². The molecule has 5 rings (SSSR count). The summed E-state index contributed by atoms with van der Waals surface area (Å²) in [7, 11) is 0. The minimum atomic E-state index is -0.258. The number of ether oxygens (including phenoxy) is 2. The molecule has 1 heterocycles. The standard InChI is InChI=1S/C29H23BrClN3O3/c1-3-36-27-14-19(16-32-34-18(2)33-26-12-11-22(30)15-24(26)29(34)35)13-25(31)28(27)37-17-21-9-6-8-20-7-4-5-10-23(20)21/h4-16H,3,17H2,1-2H3. The third-order valence-corrected chi connectivity index (χ3v) is 6.65. The van der Waals surface area contributed by atoms with Gasteiger partial charge in [-0.3, -0.25) is 4.79 Å². The minimum Gasteiger partial charge on any atom is -0.490 e. The molecule has 0 aliphatic carbocycles. The van der Waals surface area contributed by atoms with E-state index in [0.717, 1.165) is 20.8 Å². The Labute approximate surface area is 227 Å². The van der Waals surface area contributed by atoms with Crippen LogP contribution >= 0.6 is 27.5 Å². The lowest BCUT2D eigenvalue weighted by atomic mass is 10.1. The van der Waals surface area contributed by atoms with Crippen molar-refractivity contribution >= 4 is 55.4 Å². The summed E-state index contributed by atoms with van der Waals surface area (Å²) in [6.45, 7) is 4.40. The van der Waals surface area contributed by atoms with Gasteiger partial charge in [0.2, 0.25) is 0 Å². The fourth-order valence-corrected chi connectivity index (χ4v) is 4.79. The maximum absolute atomic E-state index is 13.0. The molecule has 0 bridgehead atoms. The lowest BCUT2D eigenvalue weighted by Gasteiger charge is -2.15. The van der Waals surface area contributed by atoms with Crippen molar-refractivity contribution in [1.82, 2.24) is 9.66 Å². The van der Waals surface area contributed by atoms with Crippen molar-refractivity contribution in [1.29, 1.82) is 0 Å². The van der Waals surface area contributed by atoms with E-state index in [4.69, 9.17) is 21.1 Å². The van der Waals surface area contributed by atoms with E-state index in [1.165, 1.54) is 4.68 Å². The molecule has 0 N–H and O–H groups in total. The summed E-state index contributed by atoms with van der Waals surface area (Å²) in [4.78, 5) is 17.5. The lowest BCUT2D eigenvalue weighted by Crippen LogP contribution is -2.20. The molecule has 8 heteroatoms. The Morgan fingerprint density at radius 3 is 2.68 bits per heavy atom. The molecule has 0 atom stereocenters. The fraction of sp³-hybridized carbons (Fsp3) is 0.138. The average Bonchev–Trinajstić information content (AvgIpc) is 2.89. The summed E-state index contributed by atoms with van der Waals surface area (Å²) in [5, 5.41) is 7.53. The average molecular weight is 577 g/mol. The van der Waals surface area contributed by atoms with Crippen LogP contribution in [0.2, 0.25) is 5.02 Å². The summed E-state index contributed by atoms with van der Waals surface area (Å²) >= 11 is 10.0. The van der Waals surface area contributed by atoms with Crippen LogP contribution in [-0.2, 0) is 6.61 Å². The van der Waals surface area contributed by atoms with E-state index in [9.17, 15) is 4.79 Å². The highest BCUT2D eigenvalue weighted by Gasteiger charge is 2.14. The molecule has 1 aromatic heterocycles. The Hall–Kier alpha value is -3.68. The lowest BCUT2D eigenvalue weighted by molar-refractivity contribution is 0.270. The van der Waals surface area contributed by atoms with Gasteiger partial charge in [-0.2, -0.15) is 9.78 Å². The molecule has 6 nitrogen and oxygen atoms in total. The molecule has 0 aliphatic rings. The summed E-state index contributed by atoms with van der Waals surface area (Å²) in [5.41, 5.74) is 2.07. The highest BCUT2D eigenvalue weighted by Crippen LogP contribution is 2.37. The molecule has 0 amide bonds. The fourth-order valence-electron chi connectivity index (χ4n) is 4.15. The zero-order chi connectivity index (χ0) is 25.9. The molecular weight excluding hydrogens is 554 g/mol. The molecule has 0 radical (unpaired) electrons. The molecule has 0 spiro atoms. The normalized spacial score (nSPS) is 11.5. The number of hydrogen-bond acceptors (Lipinski definition) is 5. The van der Waals surface area contributed by atoms with Gasteiger partial charge in [0.05, 0.1) is 28.7 Å². The Balaban J connectivity index is 1.46. The van der Waals surface area contributed by atoms with Gasteiger partial charge in [0.25, 0.3) is 5.56 Å². The Kier molecular flexibility index (Phi) is 7.26. The third-order valence-electron chi connectivity index (χ3n) is 5.88. The van der Waals surface area contributed by atoms with Crippen LogP contribution in [0.25, 0.3) is 21.7 Å². The minimum absolute atomic E-state index is 0.258. The zero-order valence-corrected chi connectivity index (χ0v) is 22.6. The maximum atomic E-state index is 13.0. The number of rotatable bonds is 7. The van der Waals surface area contributed by atoms with Gasteiger partial charge in [0, 0.05) is 4.47 Å². The molecule has 0 unspecified atom stereocenters. The molecule has 0 saturated heterocycles. The zero-order valence-electron chi connectivity index (χ0n) is 20.2. The number of hydrogen-bond donors (Lipinski definition) is 0. The Bertz CT molecular complexity index is 1710. The van der Waals surface area contributed by atoms with Crippen molar-refractivity contribution in [2.75, 3.05) is 6.61 Å². The summed E-state index contributed by atoms with van der Waals surface area (Å²) in [6, 6.07) is 23.2. The van der Waals surface area contributed by atoms with Crippen molar-refractivity contribution in [2.24, 2.45) is 5.10 Å². The topological polar surface area (TPSA) is 65.7 Å². The van der Waals surface area contributed by atoms with Crippen molar-refractivity contribution < 1.29 is 9.47 Å². The molecule has 37 heavy (non-hydrogen) atoms. The van der Waals surface area contributed by atoms with Gasteiger partial charge in [-0.05, 0) is 66.1 Å². The van der Waals surface area contributed by atoms with Crippen molar-refractivity contribution in [3.05, 3.63) is 110 Å². The number of halogens is 2. The second kappa shape index (κ2) is 10.7. The molecular formula is C29H23BrClN3O3. The maximum Gasteiger partial charge on any atom is 0.282 e. The molecule has 186 valence electrons. The highest BCUT2D eigenvalue weighted by molar-refractivity contribution is 9.10. The van der Waals surface area contributed by atoms with Gasteiger partial charge in [-0.1, -0.05) is 70.0 Å². The van der Waals surface area contributed by atoms with Crippen LogP contribution < -0.4 is 15.0 Å². The first-order valence-electron chi connectivity index (χ1n) is 11.7. The Morgan fingerprint density at radius 2 is 1.84 bits per heavy atom. The van der Waals surface area contributed by atoms with Crippen molar-refractivity contribution in [2.45, 2.75) is 20.5 Å². The molecule has 0 aliphatic heterocycles. The van der Waals surface area contributed by atoms with Crippen LogP contribution in [0.1, 0.15) is 23.9 Å². The van der Waals surface area contributed by atoms with E-state index >= 15 is 0 Å². The van der Waals surface area contributed by atoms with Gasteiger partial charge < -0.3 is 9.47 Å². The first-order chi connectivity index (χ1) is 17.9. The van der Waals surface area contributed by atoms with Gasteiger partial charge in [-0.15, -0.1) is 0 Å². The largest absolute Gasteiger partial charge is 0.490 e. The van der Waals surface area contributed by atoms with E-state index in [0.29, 0.717) is 52.0 Å². The van der Waals surface area contributed by atoms with Crippen LogP contribution in [-0.4, -0.2) is 22.5 Å². The SMILES string of the molecule is CCOc1cc(C=Nn2c(C)nc3ccc(Br)cc3c2=O)cc(Cl)c1OCc1cccc2ccccc12. The van der Waals surface area contributed by atoms with E-state index in [2.05, 4.69) is 44.2 Å². The van der Waals surface area contributed by atoms with Gasteiger partial charge in [0.15, 0.2) is 11.5 Å². The molecule has 5 aromatic rings. The van der Waals surface area contributed by atoms with E-state index in [-0.39, 0.29) is 5.56 Å². The molecule has 4 aromatic carbocycles. The van der Waals surface area contributed by atoms with E-state index in [1.807, 2.05) is 37.3 Å². The van der Waals surface area contributed by atoms with E-state index < -0.39 is 0 Å². The second-order valence-corrected chi connectivity index (χ2v) is 9.69. The monoisotopic (exact) mass is 575 g/mol. The van der Waals surface area contributed by atoms with Crippen LogP contribution in [0, 0.1) is 6.92 Å². The summed E-state index contributed by atoms with van der Waals surface area (Å²) in [5.74, 6) is 1.43. The number of aryl methyl sites for hydroxylation is 1. The summed E-state index contributed by atoms with van der Waals surface area (Å²) < 4.78 is 14.1. The number of fused-ring (bicyclic) bond motifs is 2. The first kappa shape index (κ1) is 25.0. The van der Waals surface area contributed by atoms with Crippen LogP contribution in [0.4, 0.5) is 0 Å². The predicted octanol–water partition coefficient (Wildman–Crippen LogP) is 7.13. The number of nitrogens with zero attached hydrogens (tertiary/aromatic N) is 3. The van der Waals surface area contributed by atoms with Gasteiger partial charge in [0.1, 0.15) is 12.4 Å². The first-order valence-corrected chi connectivity index (χ1v) is 12.9. The number of aromatic nitrogens is 2. The van der Waals surface area contributed by atoms with Gasteiger partial charge >= 0.3 is 0 Å². The molecule has 0 fully saturated rings. The van der Waals surface area contributed by atoms with E-state index in [1.54, 1.807) is 37.4 Å². The quantitative estimate of drug-likeness (QED) is 0.193. The van der Waals surface area contributed by atoms with Crippen molar-refractivity contribution in [3.8, 4) is 11.5 Å². The third kappa shape index (κ3) is 5.24. The van der Waals surface area contributed by atoms with Crippen molar-refractivity contribution in [3.63, 3.8) is 0 Å². The number of benzene rings is 4. The predicted molar refractivity (Wildman–Crippen MR) is 152 cm³/mol. The smallest absolute Gasteiger partial charge is 0.282 e. The highest BCUT2D eigenvalue weighted by atomic mass is 79.9. The van der Waals surface area contributed by atoms with Crippen LogP contribution in [0.5, 0.6) is 11.5 Å². The van der Waals surface area contributed by atoms with Gasteiger partial charge in [-0.25, -0.2) is 4.98 Å². The Morgan fingerprint density at radius 1 is 1.03 bits per heavy atom. The second-order valence-electron chi connectivity index (χ2n) is 8.37.